The first-order valence-corrected chi connectivity index (χ1v) is 6.69. The molecule has 1 aliphatic rings. The third-order valence-corrected chi connectivity index (χ3v) is 3.07. The maximum Gasteiger partial charge on any atom is 0.332 e. The lowest BCUT2D eigenvalue weighted by atomic mass is 10.1. The molecule has 1 heterocycles. The summed E-state index contributed by atoms with van der Waals surface area (Å²) in [5, 5.41) is 16.2. The Balaban J connectivity index is 2.84. The lowest BCUT2D eigenvalue weighted by Gasteiger charge is -2.09. The third-order valence-electron chi connectivity index (χ3n) is 2.42. The van der Waals surface area contributed by atoms with Gasteiger partial charge in [0.25, 0.3) is 5.91 Å². The van der Waals surface area contributed by atoms with E-state index in [0.717, 1.165) is 5.75 Å². The number of thioether (sulfide) groups is 1. The van der Waals surface area contributed by atoms with Gasteiger partial charge in [-0.1, -0.05) is 0 Å². The van der Waals surface area contributed by atoms with E-state index < -0.39 is 18.0 Å². The molecular weight excluding hydrogens is 256 g/mol. The maximum atomic E-state index is 11.7. The Labute approximate surface area is 109 Å². The molecular formula is C10H16N4O3S. The van der Waals surface area contributed by atoms with Gasteiger partial charge in [0.1, 0.15) is 11.3 Å². The molecule has 1 aliphatic heterocycles. The Kier molecular flexibility index (Phi) is 5.02. The molecule has 1 rings (SSSR count). The Morgan fingerprint density at radius 2 is 2.33 bits per heavy atom. The summed E-state index contributed by atoms with van der Waals surface area (Å²) in [7, 11) is 0. The summed E-state index contributed by atoms with van der Waals surface area (Å²) in [4.78, 5) is 22.2. The average molecular weight is 272 g/mol. The van der Waals surface area contributed by atoms with Crippen molar-refractivity contribution < 1.29 is 14.7 Å². The van der Waals surface area contributed by atoms with Crippen molar-refractivity contribution in [3.63, 3.8) is 0 Å². The molecule has 0 bridgehead atoms. The highest BCUT2D eigenvalue weighted by atomic mass is 32.2. The minimum Gasteiger partial charge on any atom is -0.509 e. The summed E-state index contributed by atoms with van der Waals surface area (Å²) in [6.45, 7) is 1.51. The van der Waals surface area contributed by atoms with Gasteiger partial charge in [-0.2, -0.15) is 16.9 Å². The molecule has 5 N–H and O–H groups in total. The summed E-state index contributed by atoms with van der Waals surface area (Å²) in [5.41, 5.74) is 7.19. The normalized spacial score (nSPS) is 20.0. The van der Waals surface area contributed by atoms with Crippen LogP contribution in [0.5, 0.6) is 0 Å². The fourth-order valence-electron chi connectivity index (χ4n) is 1.58. The number of primary amides is 1. The van der Waals surface area contributed by atoms with Crippen LogP contribution in [0.2, 0.25) is 0 Å². The van der Waals surface area contributed by atoms with Gasteiger partial charge in [0.15, 0.2) is 0 Å². The number of nitrogens with one attached hydrogen (secondary N) is 2. The van der Waals surface area contributed by atoms with E-state index >= 15 is 0 Å². The zero-order valence-corrected chi connectivity index (χ0v) is 11.0. The summed E-state index contributed by atoms with van der Waals surface area (Å²) in [6.07, 6.45) is 2.58. The molecule has 0 saturated heterocycles. The summed E-state index contributed by atoms with van der Waals surface area (Å²) < 4.78 is 0. The minimum absolute atomic E-state index is 0.0402. The first-order chi connectivity index (χ1) is 8.47. The number of nitrogens with two attached hydrogens (primary N) is 1. The first kappa shape index (κ1) is 14.4. The van der Waals surface area contributed by atoms with Crippen molar-refractivity contribution in [2.75, 3.05) is 12.0 Å². The van der Waals surface area contributed by atoms with Gasteiger partial charge < -0.3 is 16.2 Å². The molecule has 0 spiro atoms. The van der Waals surface area contributed by atoms with Crippen molar-refractivity contribution in [2.45, 2.75) is 19.4 Å². The van der Waals surface area contributed by atoms with Crippen molar-refractivity contribution in [3.8, 4) is 0 Å². The molecule has 0 aliphatic carbocycles. The van der Waals surface area contributed by atoms with Crippen molar-refractivity contribution >= 4 is 29.4 Å². The quantitative estimate of drug-likeness (QED) is 0.419. The maximum absolute atomic E-state index is 11.7. The van der Waals surface area contributed by atoms with E-state index in [-0.39, 0.29) is 17.0 Å². The molecule has 0 aromatic rings. The number of aliphatic hydroxyl groups is 1. The number of carbonyl (C=O) groups is 2. The Hall–Kier alpha value is -1.70. The number of hydrogen-bond donors (Lipinski definition) is 4. The molecule has 18 heavy (non-hydrogen) atoms. The van der Waals surface area contributed by atoms with E-state index in [9.17, 15) is 14.7 Å². The topological polar surface area (TPSA) is 117 Å². The number of amides is 3. The van der Waals surface area contributed by atoms with Gasteiger partial charge in [-0.25, -0.2) is 10.2 Å². The highest BCUT2D eigenvalue weighted by molar-refractivity contribution is 7.98. The summed E-state index contributed by atoms with van der Waals surface area (Å²) in [5.74, 6) is 0.380. The predicted molar refractivity (Wildman–Crippen MR) is 70.4 cm³/mol. The van der Waals surface area contributed by atoms with E-state index in [1.165, 1.54) is 6.92 Å². The zero-order chi connectivity index (χ0) is 13.7. The Bertz CT molecular complexity index is 419. The van der Waals surface area contributed by atoms with Crippen LogP contribution >= 0.6 is 11.8 Å². The van der Waals surface area contributed by atoms with Crippen LogP contribution in [-0.2, 0) is 4.79 Å². The van der Waals surface area contributed by atoms with Gasteiger partial charge in [0.2, 0.25) is 0 Å². The van der Waals surface area contributed by atoms with Gasteiger partial charge >= 0.3 is 6.03 Å². The minimum atomic E-state index is -0.827. The largest absolute Gasteiger partial charge is 0.509 e. The molecule has 7 nitrogen and oxygen atoms in total. The fraction of sp³-hybridized carbons (Fsp3) is 0.500. The molecule has 0 radical (unpaired) electrons. The number of hydrazone groups is 1. The van der Waals surface area contributed by atoms with Crippen LogP contribution < -0.4 is 16.5 Å². The smallest absolute Gasteiger partial charge is 0.332 e. The Morgan fingerprint density at radius 1 is 1.67 bits per heavy atom. The fourth-order valence-corrected chi connectivity index (χ4v) is 2.05. The highest BCUT2D eigenvalue weighted by Gasteiger charge is 2.32. The number of aliphatic hydroxyl groups excluding tert-OH is 1. The second-order valence-corrected chi connectivity index (χ2v) is 4.73. The van der Waals surface area contributed by atoms with Crippen molar-refractivity contribution in [3.05, 3.63) is 11.3 Å². The van der Waals surface area contributed by atoms with Crippen molar-refractivity contribution in [2.24, 2.45) is 10.8 Å². The molecule has 0 aromatic heterocycles. The van der Waals surface area contributed by atoms with Crippen molar-refractivity contribution in [1.82, 2.24) is 10.7 Å². The van der Waals surface area contributed by atoms with E-state index in [1.54, 1.807) is 11.8 Å². The van der Waals surface area contributed by atoms with Crippen LogP contribution in [0.1, 0.15) is 13.3 Å². The summed E-state index contributed by atoms with van der Waals surface area (Å²) in [6, 6.07) is -1.22. The first-order valence-electron chi connectivity index (χ1n) is 5.30. The van der Waals surface area contributed by atoms with Crippen molar-refractivity contribution in [1.29, 1.82) is 0 Å². The highest BCUT2D eigenvalue weighted by Crippen LogP contribution is 2.19. The van der Waals surface area contributed by atoms with Gasteiger partial charge in [0, 0.05) is 0 Å². The van der Waals surface area contributed by atoms with Gasteiger partial charge in [0.05, 0.1) is 11.8 Å². The van der Waals surface area contributed by atoms with Crippen LogP contribution in [0.4, 0.5) is 4.79 Å². The van der Waals surface area contributed by atoms with Gasteiger partial charge in [-0.05, 0) is 25.4 Å². The van der Waals surface area contributed by atoms with E-state index in [1.807, 2.05) is 11.7 Å². The monoisotopic (exact) mass is 272 g/mol. The van der Waals surface area contributed by atoms with E-state index in [0.29, 0.717) is 6.42 Å². The standard InChI is InChI=1S/C10H16N4O3S/c1-5(13-14-10(11)17)7-8(15)6(3-4-18-2)12-9(7)16/h6,15H,3-4H2,1-2H3,(H,12,16)(H3,11,14,17)/b13-5-/t6-/m1/s1. The molecule has 1 atom stereocenters. The number of hydrogen-bond acceptors (Lipinski definition) is 5. The lowest BCUT2D eigenvalue weighted by molar-refractivity contribution is -0.116. The molecule has 100 valence electrons. The SMILES string of the molecule is CSCC[C@H]1NC(=O)C(/C(C)=N\NC(N)=O)=C1O. The number of carbonyl (C=O) groups excluding carboxylic acids is 2. The van der Waals surface area contributed by atoms with Crippen LogP contribution in [0.3, 0.4) is 0 Å². The van der Waals surface area contributed by atoms with Crippen LogP contribution in [0.15, 0.2) is 16.4 Å². The second kappa shape index (κ2) is 6.29. The van der Waals surface area contributed by atoms with Gasteiger partial charge in [-0.3, -0.25) is 4.79 Å². The van der Waals surface area contributed by atoms with Crippen LogP contribution in [-0.4, -0.2) is 40.8 Å². The molecule has 0 saturated carbocycles. The Morgan fingerprint density at radius 3 is 2.89 bits per heavy atom. The predicted octanol–water partition coefficient (Wildman–Crippen LogP) is 0.0942. The second-order valence-electron chi connectivity index (χ2n) is 3.74. The summed E-state index contributed by atoms with van der Waals surface area (Å²) >= 11 is 1.63. The zero-order valence-electron chi connectivity index (χ0n) is 10.2. The van der Waals surface area contributed by atoms with E-state index in [4.69, 9.17) is 5.73 Å². The number of nitrogens with zero attached hydrogens (tertiary/aromatic N) is 1. The van der Waals surface area contributed by atoms with Gasteiger partial charge in [-0.15, -0.1) is 0 Å². The molecule has 8 heteroatoms. The number of rotatable bonds is 5. The molecule has 0 aromatic carbocycles. The van der Waals surface area contributed by atoms with Crippen LogP contribution in [0, 0.1) is 0 Å². The lowest BCUT2D eigenvalue weighted by Crippen LogP contribution is -2.30. The average Bonchev–Trinajstić information content (AvgIpc) is 2.59. The number of urea groups is 1. The van der Waals surface area contributed by atoms with Crippen LogP contribution in [0.25, 0.3) is 0 Å². The van der Waals surface area contributed by atoms with E-state index in [2.05, 4.69) is 10.4 Å². The molecule has 3 amide bonds. The molecule has 0 unspecified atom stereocenters. The molecule has 0 fully saturated rings. The third kappa shape index (κ3) is 3.39.